The number of unbranched alkanes of at least 4 members (excludes halogenated alkanes) is 8. The second-order valence-electron chi connectivity index (χ2n) is 7.08. The molecule has 0 saturated carbocycles. The second-order valence-corrected chi connectivity index (χ2v) is 7.08. The van der Waals surface area contributed by atoms with Crippen molar-refractivity contribution >= 4 is 5.78 Å². The van der Waals surface area contributed by atoms with Gasteiger partial charge in [-0.25, -0.2) is 0 Å². The average Bonchev–Trinajstić information content (AvgIpc) is 2.56. The normalized spacial score (nSPS) is 12.7. The first-order valence-electron chi connectivity index (χ1n) is 10.6. The quantitative estimate of drug-likeness (QED) is 0.276. The van der Waals surface area contributed by atoms with Crippen LogP contribution in [0.15, 0.2) is 11.3 Å². The monoisotopic (exact) mass is 371 g/mol. The Morgan fingerprint density at radius 2 is 1.31 bits per heavy atom. The molecular formula is C22H45NO3. The number of ketones is 1. The van der Waals surface area contributed by atoms with Crippen LogP contribution in [-0.4, -0.2) is 35.3 Å². The van der Waals surface area contributed by atoms with Gasteiger partial charge < -0.3 is 15.5 Å². The van der Waals surface area contributed by atoms with E-state index < -0.39 is 0 Å². The van der Waals surface area contributed by atoms with Crippen molar-refractivity contribution in [2.75, 3.05) is 13.2 Å². The van der Waals surface area contributed by atoms with Crippen LogP contribution in [0, 0.1) is 0 Å². The van der Waals surface area contributed by atoms with Crippen molar-refractivity contribution in [1.29, 1.82) is 0 Å². The maximum absolute atomic E-state index is 11.4. The summed E-state index contributed by atoms with van der Waals surface area (Å²) in [4.78, 5) is 11.4. The van der Waals surface area contributed by atoms with Crippen LogP contribution in [0.5, 0.6) is 0 Å². The first-order chi connectivity index (χ1) is 12.4. The fraction of sp³-hybridized carbons (Fsp3) is 0.864. The van der Waals surface area contributed by atoms with Gasteiger partial charge in [0.2, 0.25) is 0 Å². The van der Waals surface area contributed by atoms with E-state index in [4.69, 9.17) is 5.11 Å². The molecule has 26 heavy (non-hydrogen) atoms. The Morgan fingerprint density at radius 1 is 0.885 bits per heavy atom. The average molecular weight is 372 g/mol. The van der Waals surface area contributed by atoms with E-state index >= 15 is 0 Å². The third-order valence-corrected chi connectivity index (χ3v) is 4.42. The number of carbonyl (C=O) groups excluding carboxylic acids is 1. The lowest BCUT2D eigenvalue weighted by atomic mass is 10.1. The zero-order valence-electron chi connectivity index (χ0n) is 18.1. The van der Waals surface area contributed by atoms with Crippen molar-refractivity contribution in [3.8, 4) is 0 Å². The van der Waals surface area contributed by atoms with Gasteiger partial charge in [-0.3, -0.25) is 4.79 Å². The summed E-state index contributed by atoms with van der Waals surface area (Å²) in [6, 6.07) is 0. The molecule has 0 aliphatic rings. The van der Waals surface area contributed by atoms with Gasteiger partial charge in [0.1, 0.15) is 0 Å². The maximum atomic E-state index is 11.4. The lowest BCUT2D eigenvalue weighted by Gasteiger charge is -2.10. The fourth-order valence-corrected chi connectivity index (χ4v) is 2.96. The van der Waals surface area contributed by atoms with E-state index in [9.17, 15) is 9.90 Å². The van der Waals surface area contributed by atoms with E-state index in [2.05, 4.69) is 5.32 Å². The van der Waals surface area contributed by atoms with Gasteiger partial charge in [-0.2, -0.15) is 0 Å². The number of carbonyl (C=O) groups is 1. The van der Waals surface area contributed by atoms with Crippen LogP contribution in [0.2, 0.25) is 0 Å². The molecule has 0 amide bonds. The van der Waals surface area contributed by atoms with Crippen molar-refractivity contribution in [2.45, 2.75) is 111 Å². The van der Waals surface area contributed by atoms with Gasteiger partial charge in [0.25, 0.3) is 0 Å². The molecule has 0 bridgehead atoms. The summed E-state index contributed by atoms with van der Waals surface area (Å²) in [5.41, 5.74) is 1.98. The Kier molecular flexibility index (Phi) is 21.5. The summed E-state index contributed by atoms with van der Waals surface area (Å²) >= 11 is 0. The molecule has 3 N–H and O–H groups in total. The Bertz CT molecular complexity index is 351. The molecule has 0 aliphatic carbocycles. The molecule has 0 aliphatic heterocycles. The molecule has 0 fully saturated rings. The molecule has 4 heteroatoms. The highest BCUT2D eigenvalue weighted by Crippen LogP contribution is 2.12. The first kappa shape index (κ1) is 27.3. The highest BCUT2D eigenvalue weighted by Gasteiger charge is 2.05. The molecule has 0 spiro atoms. The number of hydrogen-bond acceptors (Lipinski definition) is 4. The van der Waals surface area contributed by atoms with Crippen molar-refractivity contribution < 1.29 is 15.0 Å². The third kappa shape index (κ3) is 19.5. The topological polar surface area (TPSA) is 69.6 Å². The number of rotatable bonds is 15. The predicted molar refractivity (Wildman–Crippen MR) is 112 cm³/mol. The van der Waals surface area contributed by atoms with Crippen molar-refractivity contribution in [2.24, 2.45) is 0 Å². The number of aliphatic hydroxyl groups is 2. The van der Waals surface area contributed by atoms with Gasteiger partial charge >= 0.3 is 0 Å². The van der Waals surface area contributed by atoms with Crippen LogP contribution >= 0.6 is 0 Å². The van der Waals surface area contributed by atoms with E-state index in [1.54, 1.807) is 13.8 Å². The highest BCUT2D eigenvalue weighted by molar-refractivity contribution is 5.93. The number of allylic oxidation sites excluding steroid dienone is 2. The van der Waals surface area contributed by atoms with Gasteiger partial charge in [-0.1, -0.05) is 58.3 Å². The minimum Gasteiger partial charge on any atom is -0.397 e. The summed E-state index contributed by atoms with van der Waals surface area (Å²) in [5, 5.41) is 20.1. The zero-order chi connectivity index (χ0) is 20.2. The molecular weight excluding hydrogens is 326 g/mol. The van der Waals surface area contributed by atoms with E-state index in [1.807, 2.05) is 20.8 Å². The van der Waals surface area contributed by atoms with Crippen LogP contribution in [-0.2, 0) is 4.79 Å². The van der Waals surface area contributed by atoms with Gasteiger partial charge in [0, 0.05) is 24.4 Å². The van der Waals surface area contributed by atoms with Gasteiger partial charge in [-0.05, 0) is 47.0 Å². The number of nitrogens with one attached hydrogen (secondary N) is 1. The standard InChI is InChI=1S/C20H39NO2.C2H6O/c1-5-20(19(4)23)18(3)21-16-14-12-10-8-6-7-9-11-13-15-17(2)22;1-2-3/h17,21-22H,5-16H2,1-4H3;3H,2H2,1H3/b20-18-;. The number of Topliss-reactive ketones (excluding diaryl/α,β-unsaturated/α-hetero) is 1. The second kappa shape index (κ2) is 20.4. The molecule has 0 saturated heterocycles. The summed E-state index contributed by atoms with van der Waals surface area (Å²) < 4.78 is 0. The van der Waals surface area contributed by atoms with Gasteiger partial charge in [0.05, 0.1) is 6.10 Å². The maximum Gasteiger partial charge on any atom is 0.157 e. The largest absolute Gasteiger partial charge is 0.397 e. The number of aliphatic hydroxyl groups excluding tert-OH is 2. The van der Waals surface area contributed by atoms with E-state index in [1.165, 1.54) is 51.4 Å². The molecule has 1 atom stereocenters. The molecule has 1 unspecified atom stereocenters. The van der Waals surface area contributed by atoms with E-state index in [0.29, 0.717) is 0 Å². The van der Waals surface area contributed by atoms with Gasteiger partial charge in [0.15, 0.2) is 5.78 Å². The Balaban J connectivity index is 0. The third-order valence-electron chi connectivity index (χ3n) is 4.42. The van der Waals surface area contributed by atoms with Crippen LogP contribution in [0.25, 0.3) is 0 Å². The molecule has 0 aromatic carbocycles. The van der Waals surface area contributed by atoms with Crippen LogP contribution in [0.1, 0.15) is 105 Å². The molecule has 0 aromatic rings. The Morgan fingerprint density at radius 3 is 1.69 bits per heavy atom. The predicted octanol–water partition coefficient (Wildman–Crippen LogP) is 5.13. The summed E-state index contributed by atoms with van der Waals surface area (Å²) in [5.74, 6) is 0.186. The van der Waals surface area contributed by atoms with Crippen LogP contribution in [0.4, 0.5) is 0 Å². The van der Waals surface area contributed by atoms with E-state index in [0.717, 1.165) is 37.1 Å². The summed E-state index contributed by atoms with van der Waals surface area (Å²) in [6.45, 7) is 10.5. The van der Waals surface area contributed by atoms with Gasteiger partial charge in [-0.15, -0.1) is 0 Å². The van der Waals surface area contributed by atoms with Crippen molar-refractivity contribution in [3.05, 3.63) is 11.3 Å². The molecule has 4 nitrogen and oxygen atoms in total. The van der Waals surface area contributed by atoms with Crippen LogP contribution in [0.3, 0.4) is 0 Å². The molecule has 0 rings (SSSR count). The zero-order valence-corrected chi connectivity index (χ0v) is 18.1. The van der Waals surface area contributed by atoms with Crippen LogP contribution < -0.4 is 5.32 Å². The van der Waals surface area contributed by atoms with Crippen molar-refractivity contribution in [3.63, 3.8) is 0 Å². The number of hydrogen-bond donors (Lipinski definition) is 3. The van der Waals surface area contributed by atoms with E-state index in [-0.39, 0.29) is 18.5 Å². The minimum atomic E-state index is -0.133. The fourth-order valence-electron chi connectivity index (χ4n) is 2.96. The summed E-state index contributed by atoms with van der Waals surface area (Å²) in [7, 11) is 0. The smallest absolute Gasteiger partial charge is 0.157 e. The summed E-state index contributed by atoms with van der Waals surface area (Å²) in [6.07, 6.45) is 13.1. The lowest BCUT2D eigenvalue weighted by molar-refractivity contribution is -0.113. The molecule has 156 valence electrons. The van der Waals surface area contributed by atoms with Crippen molar-refractivity contribution in [1.82, 2.24) is 5.32 Å². The minimum absolute atomic E-state index is 0.133. The highest BCUT2D eigenvalue weighted by atomic mass is 16.3. The molecule has 0 heterocycles. The SMILES string of the molecule is CC/C(C(C)=O)=C(\C)NCCCCCCCCCCCC(C)O.CCO. The molecule has 0 radical (unpaired) electrons. The Hall–Kier alpha value is -0.870. The lowest BCUT2D eigenvalue weighted by Crippen LogP contribution is -2.16. The molecule has 0 aromatic heterocycles. The first-order valence-corrected chi connectivity index (χ1v) is 10.6. The Labute approximate surface area is 162 Å².